The number of hydrogen-bond acceptors (Lipinski definition) is 8. The topological polar surface area (TPSA) is 165 Å². The molecule has 1 saturated carbocycles. The molecule has 3 aliphatic rings. The van der Waals surface area contributed by atoms with Gasteiger partial charge in [0.25, 0.3) is 0 Å². The third-order valence-corrected chi connectivity index (χ3v) is 7.00. The minimum atomic E-state index is -2.06. The lowest BCUT2D eigenvalue weighted by Gasteiger charge is -2.51. The van der Waals surface area contributed by atoms with Crippen LogP contribution in [-0.4, -0.2) is 74.5 Å². The summed E-state index contributed by atoms with van der Waals surface area (Å²) in [6.45, 7) is -0.363. The zero-order chi connectivity index (χ0) is 24.2. The highest BCUT2D eigenvalue weighted by atomic mass is 16.3. The van der Waals surface area contributed by atoms with Crippen LogP contribution in [0.4, 0.5) is 0 Å². The normalized spacial score (nSPS) is 28.6. The molecule has 1 fully saturated rings. The number of carbonyl (C=O) groups excluding carboxylic acids is 2. The van der Waals surface area contributed by atoms with Gasteiger partial charge in [-0.2, -0.15) is 0 Å². The highest BCUT2D eigenvalue weighted by molar-refractivity contribution is 6.10. The molecule has 4 unspecified atom stereocenters. The van der Waals surface area contributed by atoms with Gasteiger partial charge < -0.3 is 31.3 Å². The van der Waals surface area contributed by atoms with Gasteiger partial charge in [-0.1, -0.05) is 11.8 Å². The monoisotopic (exact) mass is 454 g/mol. The van der Waals surface area contributed by atoms with Gasteiger partial charge in [0.2, 0.25) is 5.91 Å². The van der Waals surface area contributed by atoms with Crippen molar-refractivity contribution in [3.63, 3.8) is 0 Å². The number of aliphatic hydroxyl groups is 4. The van der Waals surface area contributed by atoms with E-state index in [0.29, 0.717) is 11.1 Å². The number of phenolic OH excluding ortho intramolecular Hbond substituents is 1. The highest BCUT2D eigenvalue weighted by Crippen LogP contribution is 2.53. The number of Topliss-reactive ketones (excluding diaryl/α,β-unsaturated/α-hetero) is 1. The van der Waals surface area contributed by atoms with E-state index in [9.17, 15) is 30.0 Å². The number of likely N-dealkylation sites (N-methyl/N-ethyl adjacent to an activating group) is 1. The maximum Gasteiger partial charge on any atom is 0.248 e. The molecule has 7 N–H and O–H groups in total. The van der Waals surface area contributed by atoms with Crippen LogP contribution in [0.1, 0.15) is 29.5 Å². The fourth-order valence-electron chi connectivity index (χ4n) is 5.59. The minimum absolute atomic E-state index is 0.0217. The number of carbonyl (C=O) groups is 2. The van der Waals surface area contributed by atoms with E-state index in [2.05, 4.69) is 11.8 Å². The fourth-order valence-corrected chi connectivity index (χ4v) is 5.59. The summed E-state index contributed by atoms with van der Waals surface area (Å²) in [6, 6.07) is 2.09. The van der Waals surface area contributed by atoms with Crippen LogP contribution in [0.5, 0.6) is 5.75 Å². The molecule has 0 bridgehead atoms. The number of rotatable bonds is 2. The van der Waals surface area contributed by atoms with Gasteiger partial charge in [0, 0.05) is 23.5 Å². The summed E-state index contributed by atoms with van der Waals surface area (Å²) in [6.07, 6.45) is 0.0130. The van der Waals surface area contributed by atoms with Gasteiger partial charge in [-0.25, -0.2) is 0 Å². The molecule has 4 atom stereocenters. The minimum Gasteiger partial charge on any atom is -0.510 e. The zero-order valence-electron chi connectivity index (χ0n) is 18.3. The summed E-state index contributed by atoms with van der Waals surface area (Å²) in [7, 11) is 3.32. The molecule has 0 radical (unpaired) electrons. The van der Waals surface area contributed by atoms with E-state index in [1.807, 2.05) is 0 Å². The van der Waals surface area contributed by atoms with Crippen LogP contribution < -0.4 is 5.73 Å². The number of aliphatic hydroxyl groups excluding tert-OH is 3. The number of nitrogens with two attached hydrogens (primary N) is 1. The average molecular weight is 454 g/mol. The molecule has 0 saturated heterocycles. The lowest BCUT2D eigenvalue weighted by Crippen LogP contribution is -2.62. The Kier molecular flexibility index (Phi) is 5.48. The van der Waals surface area contributed by atoms with E-state index in [-0.39, 0.29) is 47.7 Å². The van der Waals surface area contributed by atoms with Gasteiger partial charge >= 0.3 is 0 Å². The molecule has 1 aromatic carbocycles. The van der Waals surface area contributed by atoms with Gasteiger partial charge in [0.15, 0.2) is 5.78 Å². The second-order valence-corrected chi connectivity index (χ2v) is 9.02. The lowest BCUT2D eigenvalue weighted by molar-refractivity contribution is -0.151. The number of benzene rings is 1. The van der Waals surface area contributed by atoms with Gasteiger partial charge in [0.05, 0.1) is 17.2 Å². The van der Waals surface area contributed by atoms with Crippen LogP contribution >= 0.6 is 0 Å². The summed E-state index contributed by atoms with van der Waals surface area (Å²) in [5.74, 6) is 1.44. The molecule has 4 rings (SSSR count). The predicted molar refractivity (Wildman–Crippen MR) is 118 cm³/mol. The van der Waals surface area contributed by atoms with Gasteiger partial charge in [-0.05, 0) is 50.6 Å². The molecule has 1 amide bonds. The summed E-state index contributed by atoms with van der Waals surface area (Å²) in [5.41, 5.74) is 4.22. The summed E-state index contributed by atoms with van der Waals surface area (Å²) < 4.78 is 0. The maximum absolute atomic E-state index is 13.7. The van der Waals surface area contributed by atoms with Crippen LogP contribution in [0.2, 0.25) is 0 Å². The predicted octanol–water partition coefficient (Wildman–Crippen LogP) is 0.129. The third kappa shape index (κ3) is 3.30. The Morgan fingerprint density at radius 2 is 1.97 bits per heavy atom. The van der Waals surface area contributed by atoms with E-state index in [4.69, 9.17) is 10.8 Å². The first-order valence-electron chi connectivity index (χ1n) is 10.6. The Hall–Kier alpha value is -3.32. The molecular weight excluding hydrogens is 428 g/mol. The van der Waals surface area contributed by atoms with Crippen molar-refractivity contribution in [2.45, 2.75) is 30.9 Å². The van der Waals surface area contributed by atoms with E-state index in [1.54, 1.807) is 25.1 Å². The largest absolute Gasteiger partial charge is 0.510 e. The van der Waals surface area contributed by atoms with Gasteiger partial charge in [-0.15, -0.1) is 0 Å². The number of ketones is 1. The maximum atomic E-state index is 13.7. The summed E-state index contributed by atoms with van der Waals surface area (Å²) >= 11 is 0. The molecule has 0 aromatic heterocycles. The van der Waals surface area contributed by atoms with E-state index in [0.717, 1.165) is 0 Å². The van der Waals surface area contributed by atoms with Crippen molar-refractivity contribution in [1.82, 2.24) is 4.90 Å². The number of aromatic hydroxyl groups is 1. The van der Waals surface area contributed by atoms with Crippen molar-refractivity contribution in [3.05, 3.63) is 45.7 Å². The van der Waals surface area contributed by atoms with Crippen molar-refractivity contribution in [2.75, 3.05) is 20.7 Å². The lowest BCUT2D eigenvalue weighted by atomic mass is 9.57. The SMILES string of the molecule is CN(C)C1C(O)=C(C(N)=O)CC2(O)C(=O)C3=C(O)c4c(O)ccc(C#CCO)c4CC3CC12. The number of primary amides is 1. The molecule has 0 spiro atoms. The quantitative estimate of drug-likeness (QED) is 0.343. The highest BCUT2D eigenvalue weighted by Gasteiger charge is 2.60. The third-order valence-electron chi connectivity index (χ3n) is 7.00. The van der Waals surface area contributed by atoms with Crippen molar-refractivity contribution >= 4 is 17.4 Å². The Morgan fingerprint density at radius 1 is 1.27 bits per heavy atom. The van der Waals surface area contributed by atoms with Crippen molar-refractivity contribution in [2.24, 2.45) is 17.6 Å². The number of phenols is 1. The van der Waals surface area contributed by atoms with Gasteiger partial charge in [0.1, 0.15) is 29.5 Å². The van der Waals surface area contributed by atoms with Crippen LogP contribution in [0.15, 0.2) is 29.0 Å². The van der Waals surface area contributed by atoms with Crippen molar-refractivity contribution in [3.8, 4) is 17.6 Å². The number of nitrogens with zero attached hydrogens (tertiary/aromatic N) is 1. The van der Waals surface area contributed by atoms with Crippen LogP contribution in [0, 0.1) is 23.7 Å². The van der Waals surface area contributed by atoms with E-state index >= 15 is 0 Å². The first-order valence-corrected chi connectivity index (χ1v) is 10.6. The standard InChI is InChI=1S/C24H26N2O7/c1-26(2)19-15-9-12-8-13-11(4-3-7-27)5-6-16(28)18(13)21(30)17(12)22(31)24(15,33)10-14(20(19)29)23(25)32/h5-6,12,15,19,27-30,33H,7-10H2,1-2H3,(H2,25,32). The van der Waals surface area contributed by atoms with E-state index in [1.165, 1.54) is 6.07 Å². The number of amides is 1. The molecular formula is C24H26N2O7. The molecule has 1 aromatic rings. The zero-order valence-corrected chi connectivity index (χ0v) is 18.3. The number of hydrogen-bond donors (Lipinski definition) is 6. The van der Waals surface area contributed by atoms with E-state index < -0.39 is 47.3 Å². The molecule has 3 aliphatic carbocycles. The molecule has 0 aliphatic heterocycles. The molecule has 33 heavy (non-hydrogen) atoms. The fraction of sp³-hybridized carbons (Fsp3) is 0.417. The molecule has 9 nitrogen and oxygen atoms in total. The summed E-state index contributed by atoms with van der Waals surface area (Å²) in [4.78, 5) is 27.3. The van der Waals surface area contributed by atoms with Crippen LogP contribution in [-0.2, 0) is 16.0 Å². The molecule has 174 valence electrons. The smallest absolute Gasteiger partial charge is 0.248 e. The second kappa shape index (κ2) is 7.92. The average Bonchev–Trinajstić information content (AvgIpc) is 2.74. The first-order chi connectivity index (χ1) is 15.5. The Labute approximate surface area is 190 Å². The van der Waals surface area contributed by atoms with Gasteiger partial charge in [-0.3, -0.25) is 14.5 Å². The van der Waals surface area contributed by atoms with Crippen molar-refractivity contribution in [1.29, 1.82) is 0 Å². The molecule has 9 heteroatoms. The first kappa shape index (κ1) is 22.9. The van der Waals surface area contributed by atoms with Crippen LogP contribution in [0.25, 0.3) is 5.76 Å². The van der Waals surface area contributed by atoms with Crippen molar-refractivity contribution < 1.29 is 35.1 Å². The second-order valence-electron chi connectivity index (χ2n) is 9.02. The molecule has 0 heterocycles. The Balaban J connectivity index is 1.91. The summed E-state index contributed by atoms with van der Waals surface area (Å²) in [5, 5.41) is 52.9. The number of fused-ring (bicyclic) bond motifs is 3. The Bertz CT molecular complexity index is 1190. The van der Waals surface area contributed by atoms with Crippen LogP contribution in [0.3, 0.4) is 0 Å². The Morgan fingerprint density at radius 3 is 2.58 bits per heavy atom.